The number of fused-ring (bicyclic) bond motifs is 1. The molecule has 91 valence electrons. The molecule has 1 aliphatic carbocycles. The first kappa shape index (κ1) is 12.1. The third-order valence-corrected chi connectivity index (χ3v) is 3.34. The molecule has 3 heteroatoms. The third kappa shape index (κ3) is 2.67. The minimum absolute atomic E-state index is 0.359. The molecule has 1 aromatic rings. The Morgan fingerprint density at radius 1 is 1.65 bits per heavy atom. The molecule has 0 saturated heterocycles. The summed E-state index contributed by atoms with van der Waals surface area (Å²) in [5.41, 5.74) is 8.30. The first-order valence-electron chi connectivity index (χ1n) is 6.28. The van der Waals surface area contributed by atoms with E-state index < -0.39 is 0 Å². The summed E-state index contributed by atoms with van der Waals surface area (Å²) in [5.74, 6) is -0.359. The second kappa shape index (κ2) is 5.32. The lowest BCUT2D eigenvalue weighted by Gasteiger charge is -2.26. The molecule has 0 unspecified atom stereocenters. The number of nitrogens with two attached hydrogens (primary N) is 1. The van der Waals surface area contributed by atoms with Crippen LogP contribution >= 0.6 is 0 Å². The lowest BCUT2D eigenvalue weighted by atomic mass is 9.85. The number of rotatable bonds is 4. The van der Waals surface area contributed by atoms with Gasteiger partial charge in [-0.15, -0.1) is 0 Å². The molecule has 1 aliphatic rings. The van der Waals surface area contributed by atoms with Crippen molar-refractivity contribution in [1.82, 2.24) is 5.32 Å². The maximum absolute atomic E-state index is 11.3. The fourth-order valence-electron chi connectivity index (χ4n) is 2.48. The van der Waals surface area contributed by atoms with Gasteiger partial charge in [0.15, 0.2) is 0 Å². The number of carbonyl (C=O) groups is 1. The molecule has 1 atom stereocenters. The minimum atomic E-state index is -0.359. The lowest BCUT2D eigenvalue weighted by molar-refractivity contribution is 0.0998. The molecule has 0 heterocycles. The van der Waals surface area contributed by atoms with Crippen LogP contribution in [-0.4, -0.2) is 18.5 Å². The van der Waals surface area contributed by atoms with Crippen LogP contribution in [0.3, 0.4) is 0 Å². The van der Waals surface area contributed by atoms with Gasteiger partial charge in [0, 0.05) is 6.04 Å². The molecule has 1 radical (unpaired) electrons. The maximum Gasteiger partial charge on any atom is 0.249 e. The normalized spacial score (nSPS) is 18.8. The molecular weight excluding hydrogens is 212 g/mol. The van der Waals surface area contributed by atoms with E-state index in [4.69, 9.17) is 5.73 Å². The van der Waals surface area contributed by atoms with Gasteiger partial charge >= 0.3 is 0 Å². The van der Waals surface area contributed by atoms with E-state index in [9.17, 15) is 4.79 Å². The highest BCUT2D eigenvalue weighted by Crippen LogP contribution is 2.24. The van der Waals surface area contributed by atoms with Gasteiger partial charge in [0.2, 0.25) is 5.91 Å². The van der Waals surface area contributed by atoms with Gasteiger partial charge in [-0.1, -0.05) is 19.1 Å². The van der Waals surface area contributed by atoms with Crippen LogP contribution in [0.15, 0.2) is 12.1 Å². The van der Waals surface area contributed by atoms with Crippen LogP contribution in [0, 0.1) is 6.07 Å². The first-order chi connectivity index (χ1) is 8.22. The number of nitrogens with one attached hydrogen (secondary N) is 1. The zero-order chi connectivity index (χ0) is 12.3. The van der Waals surface area contributed by atoms with Gasteiger partial charge in [-0.05, 0) is 49.4 Å². The van der Waals surface area contributed by atoms with Crippen molar-refractivity contribution >= 4 is 5.91 Å². The van der Waals surface area contributed by atoms with Crippen molar-refractivity contribution in [2.75, 3.05) is 6.54 Å². The zero-order valence-corrected chi connectivity index (χ0v) is 10.3. The summed E-state index contributed by atoms with van der Waals surface area (Å²) in [4.78, 5) is 11.3. The number of hydrogen-bond acceptors (Lipinski definition) is 2. The fraction of sp³-hybridized carbons (Fsp3) is 0.500. The molecule has 0 aromatic heterocycles. The van der Waals surface area contributed by atoms with Crippen LogP contribution in [0.2, 0.25) is 0 Å². The van der Waals surface area contributed by atoms with E-state index in [2.05, 4.69) is 24.4 Å². The Morgan fingerprint density at radius 2 is 2.47 bits per heavy atom. The van der Waals surface area contributed by atoms with Crippen molar-refractivity contribution in [3.63, 3.8) is 0 Å². The van der Waals surface area contributed by atoms with E-state index in [1.165, 1.54) is 5.56 Å². The highest BCUT2D eigenvalue weighted by Gasteiger charge is 2.21. The highest BCUT2D eigenvalue weighted by molar-refractivity contribution is 5.94. The van der Waals surface area contributed by atoms with Gasteiger partial charge in [-0.25, -0.2) is 0 Å². The van der Waals surface area contributed by atoms with Crippen molar-refractivity contribution in [3.8, 4) is 0 Å². The smallest absolute Gasteiger partial charge is 0.249 e. The second-order valence-corrected chi connectivity index (χ2v) is 4.61. The number of amides is 1. The zero-order valence-electron chi connectivity index (χ0n) is 10.3. The number of benzene rings is 1. The molecule has 17 heavy (non-hydrogen) atoms. The van der Waals surface area contributed by atoms with E-state index in [-0.39, 0.29) is 5.91 Å². The molecule has 0 bridgehead atoms. The van der Waals surface area contributed by atoms with Crippen LogP contribution in [0.4, 0.5) is 0 Å². The van der Waals surface area contributed by atoms with Crippen LogP contribution in [0.1, 0.15) is 41.3 Å². The topological polar surface area (TPSA) is 55.1 Å². The Kier molecular flexibility index (Phi) is 3.79. The molecule has 0 aliphatic heterocycles. The van der Waals surface area contributed by atoms with Gasteiger partial charge in [0.05, 0.1) is 5.56 Å². The second-order valence-electron chi connectivity index (χ2n) is 4.61. The number of carbonyl (C=O) groups excluding carboxylic acids is 1. The molecule has 2 rings (SSSR count). The van der Waals surface area contributed by atoms with Gasteiger partial charge in [0.1, 0.15) is 0 Å². The van der Waals surface area contributed by atoms with E-state index in [0.29, 0.717) is 11.6 Å². The summed E-state index contributed by atoms with van der Waals surface area (Å²) in [6, 6.07) is 7.36. The first-order valence-corrected chi connectivity index (χ1v) is 6.28. The Labute approximate surface area is 102 Å². The summed E-state index contributed by atoms with van der Waals surface area (Å²) in [5, 5.41) is 3.53. The standard InChI is InChI=1S/C14H19N2O/c1-2-8-16-11-6-7-12-10(9-11)4-3-5-13(12)14(15)17/h3-4,11,16H,2,6-9H2,1H3,(H2,15,17)/t11-/m1/s1. The van der Waals surface area contributed by atoms with Crippen molar-refractivity contribution in [2.45, 2.75) is 38.6 Å². The Morgan fingerprint density at radius 3 is 3.18 bits per heavy atom. The summed E-state index contributed by atoms with van der Waals surface area (Å²) in [6.45, 7) is 3.23. The van der Waals surface area contributed by atoms with Crippen molar-refractivity contribution in [1.29, 1.82) is 0 Å². The van der Waals surface area contributed by atoms with Crippen LogP contribution < -0.4 is 11.1 Å². The summed E-state index contributed by atoms with van der Waals surface area (Å²) in [7, 11) is 0. The SMILES string of the molecule is CCCN[C@@H]1CCc2c(C(N)=O)[c]ccc2C1. The molecule has 0 spiro atoms. The molecular formula is C14H19N2O. The summed E-state index contributed by atoms with van der Waals surface area (Å²) >= 11 is 0. The predicted octanol–water partition coefficient (Wildman–Crippen LogP) is 1.44. The molecule has 1 aromatic carbocycles. The average molecular weight is 231 g/mol. The van der Waals surface area contributed by atoms with Gasteiger partial charge in [0.25, 0.3) is 0 Å². The molecule has 3 N–H and O–H groups in total. The van der Waals surface area contributed by atoms with E-state index in [1.54, 1.807) is 6.07 Å². The number of hydrogen-bond donors (Lipinski definition) is 2. The van der Waals surface area contributed by atoms with Gasteiger partial charge < -0.3 is 11.1 Å². The fourth-order valence-corrected chi connectivity index (χ4v) is 2.48. The highest BCUT2D eigenvalue weighted by atomic mass is 16.1. The Bertz CT molecular complexity index is 415. The van der Waals surface area contributed by atoms with Crippen LogP contribution in [0.25, 0.3) is 0 Å². The monoisotopic (exact) mass is 231 g/mol. The van der Waals surface area contributed by atoms with E-state index >= 15 is 0 Å². The Balaban J connectivity index is 2.16. The molecule has 3 nitrogen and oxygen atoms in total. The third-order valence-electron chi connectivity index (χ3n) is 3.34. The van der Waals surface area contributed by atoms with Gasteiger partial charge in [-0.3, -0.25) is 4.79 Å². The molecule has 1 amide bonds. The van der Waals surface area contributed by atoms with E-state index in [0.717, 1.165) is 37.8 Å². The predicted molar refractivity (Wildman–Crippen MR) is 67.9 cm³/mol. The maximum atomic E-state index is 11.3. The Hall–Kier alpha value is -1.35. The van der Waals surface area contributed by atoms with E-state index in [1.807, 2.05) is 0 Å². The summed E-state index contributed by atoms with van der Waals surface area (Å²) in [6.07, 6.45) is 4.14. The lowest BCUT2D eigenvalue weighted by Crippen LogP contribution is -2.35. The molecule has 0 fully saturated rings. The van der Waals surface area contributed by atoms with Crippen molar-refractivity contribution in [3.05, 3.63) is 34.9 Å². The molecule has 0 saturated carbocycles. The summed E-state index contributed by atoms with van der Waals surface area (Å²) < 4.78 is 0. The minimum Gasteiger partial charge on any atom is -0.366 e. The average Bonchev–Trinajstić information content (AvgIpc) is 2.35. The largest absolute Gasteiger partial charge is 0.366 e. The van der Waals surface area contributed by atoms with Gasteiger partial charge in [-0.2, -0.15) is 0 Å². The number of primary amides is 1. The quantitative estimate of drug-likeness (QED) is 0.824. The van der Waals surface area contributed by atoms with Crippen LogP contribution in [0.5, 0.6) is 0 Å². The van der Waals surface area contributed by atoms with Crippen LogP contribution in [-0.2, 0) is 12.8 Å². The van der Waals surface area contributed by atoms with Crippen molar-refractivity contribution in [2.24, 2.45) is 5.73 Å². The van der Waals surface area contributed by atoms with Crippen molar-refractivity contribution < 1.29 is 4.79 Å².